The van der Waals surface area contributed by atoms with Gasteiger partial charge in [0, 0.05) is 22.6 Å². The second-order valence-electron chi connectivity index (χ2n) is 4.61. The number of carboxylic acids is 1. The maximum Gasteiger partial charge on any atom is 0.337 e. The average molecular weight is 294 g/mol. The lowest BCUT2D eigenvalue weighted by Crippen LogP contribution is -1.98. The Morgan fingerprint density at radius 3 is 2.88 bits per heavy atom. The molecular formula is C13H12BrNO2. The van der Waals surface area contributed by atoms with Crippen LogP contribution >= 0.6 is 15.9 Å². The Bertz CT molecular complexity index is 599. The maximum absolute atomic E-state index is 11.2. The minimum atomic E-state index is -0.855. The molecule has 2 aromatic rings. The summed E-state index contributed by atoms with van der Waals surface area (Å²) in [5, 5.41) is 10.0. The Hall–Kier alpha value is -1.29. The van der Waals surface area contributed by atoms with Gasteiger partial charge in [-0.2, -0.15) is 0 Å². The normalized spacial score (nSPS) is 15.4. The van der Waals surface area contributed by atoms with Gasteiger partial charge in [0.2, 0.25) is 0 Å². The van der Waals surface area contributed by atoms with E-state index in [1.807, 2.05) is 18.2 Å². The first kappa shape index (κ1) is 10.8. The number of fused-ring (bicyclic) bond motifs is 1. The maximum atomic E-state index is 11.2. The van der Waals surface area contributed by atoms with Gasteiger partial charge in [0.1, 0.15) is 0 Å². The minimum absolute atomic E-state index is 0.396. The molecule has 0 radical (unpaired) electrons. The molecule has 0 bridgehead atoms. The Morgan fingerprint density at radius 1 is 1.47 bits per heavy atom. The number of hydrogen-bond acceptors (Lipinski definition) is 1. The van der Waals surface area contributed by atoms with Gasteiger partial charge in [0.05, 0.1) is 11.1 Å². The minimum Gasteiger partial charge on any atom is -0.478 e. The number of benzene rings is 1. The van der Waals surface area contributed by atoms with Crippen molar-refractivity contribution in [1.82, 2.24) is 4.57 Å². The fraction of sp³-hybridized carbons (Fsp3) is 0.308. The van der Waals surface area contributed by atoms with Crippen LogP contribution in [-0.2, 0) is 6.54 Å². The molecule has 88 valence electrons. The Labute approximate surface area is 107 Å². The van der Waals surface area contributed by atoms with Crippen molar-refractivity contribution in [3.63, 3.8) is 0 Å². The van der Waals surface area contributed by atoms with Gasteiger partial charge < -0.3 is 9.67 Å². The number of rotatable bonds is 3. The first-order chi connectivity index (χ1) is 8.15. The zero-order valence-electron chi connectivity index (χ0n) is 9.19. The number of aromatic nitrogens is 1. The molecule has 1 heterocycles. The summed E-state index contributed by atoms with van der Waals surface area (Å²) in [6, 6.07) is 5.74. The Kier molecular flexibility index (Phi) is 2.47. The summed E-state index contributed by atoms with van der Waals surface area (Å²) in [5.74, 6) is -0.127. The topological polar surface area (TPSA) is 42.2 Å². The molecule has 0 saturated heterocycles. The van der Waals surface area contributed by atoms with Gasteiger partial charge in [-0.05, 0) is 30.9 Å². The molecule has 0 atom stereocenters. The van der Waals surface area contributed by atoms with Crippen molar-refractivity contribution in [3.8, 4) is 0 Å². The van der Waals surface area contributed by atoms with E-state index in [-0.39, 0.29) is 0 Å². The van der Waals surface area contributed by atoms with Crippen LogP contribution in [0, 0.1) is 5.92 Å². The molecule has 1 fully saturated rings. The lowest BCUT2D eigenvalue weighted by atomic mass is 10.2. The molecule has 1 aliphatic carbocycles. The molecule has 1 saturated carbocycles. The van der Waals surface area contributed by atoms with Gasteiger partial charge in [-0.15, -0.1) is 0 Å². The van der Waals surface area contributed by atoms with Crippen molar-refractivity contribution in [3.05, 3.63) is 34.4 Å². The molecule has 0 unspecified atom stereocenters. The summed E-state index contributed by atoms with van der Waals surface area (Å²) in [7, 11) is 0. The number of carboxylic acid groups (broad SMARTS) is 1. The fourth-order valence-corrected chi connectivity index (χ4v) is 2.51. The van der Waals surface area contributed by atoms with E-state index in [0.717, 1.165) is 27.8 Å². The van der Waals surface area contributed by atoms with Crippen LogP contribution in [0.2, 0.25) is 0 Å². The van der Waals surface area contributed by atoms with Crippen LogP contribution in [0.1, 0.15) is 23.2 Å². The van der Waals surface area contributed by atoms with E-state index in [0.29, 0.717) is 5.56 Å². The SMILES string of the molecule is O=C(O)c1cn(CC2CC2)c2cc(Br)ccc12. The van der Waals surface area contributed by atoms with E-state index in [9.17, 15) is 9.90 Å². The van der Waals surface area contributed by atoms with E-state index in [1.54, 1.807) is 6.20 Å². The van der Waals surface area contributed by atoms with Crippen molar-refractivity contribution >= 4 is 32.8 Å². The molecule has 0 aliphatic heterocycles. The predicted octanol–water partition coefficient (Wildman–Crippen LogP) is 3.51. The molecule has 0 amide bonds. The molecule has 3 rings (SSSR count). The van der Waals surface area contributed by atoms with Crippen LogP contribution in [0.3, 0.4) is 0 Å². The summed E-state index contributed by atoms with van der Waals surface area (Å²) in [6.45, 7) is 0.931. The highest BCUT2D eigenvalue weighted by Gasteiger charge is 2.23. The van der Waals surface area contributed by atoms with Crippen LogP contribution in [0.5, 0.6) is 0 Å². The second kappa shape index (κ2) is 3.88. The van der Waals surface area contributed by atoms with Crippen molar-refractivity contribution < 1.29 is 9.90 Å². The van der Waals surface area contributed by atoms with Crippen LogP contribution in [0.25, 0.3) is 10.9 Å². The first-order valence-electron chi connectivity index (χ1n) is 5.67. The number of halogens is 1. The molecule has 17 heavy (non-hydrogen) atoms. The third-order valence-electron chi connectivity index (χ3n) is 3.23. The highest BCUT2D eigenvalue weighted by molar-refractivity contribution is 9.10. The zero-order chi connectivity index (χ0) is 12.0. The van der Waals surface area contributed by atoms with Crippen molar-refractivity contribution in [2.45, 2.75) is 19.4 Å². The summed E-state index contributed by atoms with van der Waals surface area (Å²) in [4.78, 5) is 11.2. The fourth-order valence-electron chi connectivity index (χ4n) is 2.17. The van der Waals surface area contributed by atoms with Gasteiger partial charge in [-0.25, -0.2) is 4.79 Å². The summed E-state index contributed by atoms with van der Waals surface area (Å²) < 4.78 is 3.05. The Morgan fingerprint density at radius 2 is 2.24 bits per heavy atom. The predicted molar refractivity (Wildman–Crippen MR) is 69.3 cm³/mol. The lowest BCUT2D eigenvalue weighted by Gasteiger charge is -2.03. The van der Waals surface area contributed by atoms with E-state index in [4.69, 9.17) is 0 Å². The summed E-state index contributed by atoms with van der Waals surface area (Å²) in [6.07, 6.45) is 4.28. The molecule has 3 nitrogen and oxygen atoms in total. The van der Waals surface area contributed by atoms with Crippen LogP contribution < -0.4 is 0 Å². The molecule has 0 spiro atoms. The van der Waals surface area contributed by atoms with E-state index in [1.165, 1.54) is 12.8 Å². The monoisotopic (exact) mass is 293 g/mol. The standard InChI is InChI=1S/C13H12BrNO2/c14-9-3-4-10-11(13(16)17)7-15(12(10)5-9)6-8-1-2-8/h3-5,7-8H,1-2,6H2,(H,16,17). The smallest absolute Gasteiger partial charge is 0.337 e. The largest absolute Gasteiger partial charge is 0.478 e. The van der Waals surface area contributed by atoms with Crippen molar-refractivity contribution in [2.24, 2.45) is 5.92 Å². The van der Waals surface area contributed by atoms with Crippen molar-refractivity contribution in [1.29, 1.82) is 0 Å². The quantitative estimate of drug-likeness (QED) is 0.941. The average Bonchev–Trinajstić information content (AvgIpc) is 3.01. The molecule has 1 N–H and O–H groups in total. The third-order valence-corrected chi connectivity index (χ3v) is 3.72. The van der Waals surface area contributed by atoms with Crippen LogP contribution in [-0.4, -0.2) is 15.6 Å². The second-order valence-corrected chi connectivity index (χ2v) is 5.52. The number of aromatic carboxylic acids is 1. The van der Waals surface area contributed by atoms with Gasteiger partial charge in [-0.1, -0.05) is 22.0 Å². The highest BCUT2D eigenvalue weighted by atomic mass is 79.9. The van der Waals surface area contributed by atoms with Gasteiger partial charge in [0.25, 0.3) is 0 Å². The molecule has 1 aromatic heterocycles. The zero-order valence-corrected chi connectivity index (χ0v) is 10.8. The van der Waals surface area contributed by atoms with Crippen LogP contribution in [0.4, 0.5) is 0 Å². The summed E-state index contributed by atoms with van der Waals surface area (Å²) in [5.41, 5.74) is 1.40. The molecule has 1 aliphatic rings. The summed E-state index contributed by atoms with van der Waals surface area (Å²) >= 11 is 3.43. The lowest BCUT2D eigenvalue weighted by molar-refractivity contribution is 0.0698. The number of nitrogens with zero attached hydrogens (tertiary/aromatic N) is 1. The first-order valence-corrected chi connectivity index (χ1v) is 6.46. The van der Waals surface area contributed by atoms with Gasteiger partial charge in [0.15, 0.2) is 0 Å². The number of carbonyl (C=O) groups is 1. The van der Waals surface area contributed by atoms with E-state index in [2.05, 4.69) is 20.5 Å². The highest BCUT2D eigenvalue weighted by Crippen LogP contribution is 2.33. The van der Waals surface area contributed by atoms with Gasteiger partial charge >= 0.3 is 5.97 Å². The number of hydrogen-bond donors (Lipinski definition) is 1. The van der Waals surface area contributed by atoms with E-state index < -0.39 is 5.97 Å². The third kappa shape index (κ3) is 1.97. The van der Waals surface area contributed by atoms with Crippen LogP contribution in [0.15, 0.2) is 28.9 Å². The molecular weight excluding hydrogens is 282 g/mol. The molecule has 4 heteroatoms. The molecule has 1 aromatic carbocycles. The van der Waals surface area contributed by atoms with E-state index >= 15 is 0 Å². The Balaban J connectivity index is 2.18. The van der Waals surface area contributed by atoms with Gasteiger partial charge in [-0.3, -0.25) is 0 Å². The van der Waals surface area contributed by atoms with Crippen molar-refractivity contribution in [2.75, 3.05) is 0 Å².